The predicted octanol–water partition coefficient (Wildman–Crippen LogP) is 3.56. The van der Waals surface area contributed by atoms with Crippen molar-refractivity contribution >= 4 is 23.0 Å². The molecule has 0 aromatic heterocycles. The lowest BCUT2D eigenvalue weighted by Gasteiger charge is -2.19. The molecular formula is C14H15ClN2. The van der Waals surface area contributed by atoms with Gasteiger partial charge in [-0.25, -0.2) is 0 Å². The molecule has 0 aliphatic heterocycles. The summed E-state index contributed by atoms with van der Waals surface area (Å²) in [5.41, 5.74) is 8.64. The summed E-state index contributed by atoms with van der Waals surface area (Å²) < 4.78 is 0. The van der Waals surface area contributed by atoms with Crippen LogP contribution in [-0.4, -0.2) is 7.05 Å². The molecule has 0 fully saturated rings. The molecule has 2 N–H and O–H groups in total. The number of para-hydroxylation sites is 1. The van der Waals surface area contributed by atoms with Crippen LogP contribution in [0.25, 0.3) is 0 Å². The van der Waals surface area contributed by atoms with Crippen molar-refractivity contribution in [3.05, 3.63) is 59.1 Å². The molecule has 0 atom stereocenters. The normalized spacial score (nSPS) is 10.2. The summed E-state index contributed by atoms with van der Waals surface area (Å²) in [4.78, 5) is 2.17. The van der Waals surface area contributed by atoms with Crippen molar-refractivity contribution in [2.45, 2.75) is 6.54 Å². The average molecular weight is 247 g/mol. The molecule has 2 rings (SSSR count). The summed E-state index contributed by atoms with van der Waals surface area (Å²) in [5, 5.41) is 0.615. The molecule has 0 saturated carbocycles. The van der Waals surface area contributed by atoms with Gasteiger partial charge in [0.15, 0.2) is 0 Å². The van der Waals surface area contributed by atoms with Gasteiger partial charge < -0.3 is 10.6 Å². The van der Waals surface area contributed by atoms with E-state index in [1.807, 2.05) is 36.4 Å². The van der Waals surface area contributed by atoms with Crippen molar-refractivity contribution in [3.8, 4) is 0 Å². The number of rotatable bonds is 3. The Morgan fingerprint density at radius 1 is 1.12 bits per heavy atom. The number of nitrogens with zero attached hydrogens (tertiary/aromatic N) is 1. The molecule has 0 saturated heterocycles. The Bertz CT molecular complexity index is 497. The first-order valence-electron chi connectivity index (χ1n) is 5.47. The number of benzene rings is 2. The predicted molar refractivity (Wildman–Crippen MR) is 74.4 cm³/mol. The van der Waals surface area contributed by atoms with E-state index < -0.39 is 0 Å². The third-order valence-corrected chi connectivity index (χ3v) is 3.01. The van der Waals surface area contributed by atoms with Crippen molar-refractivity contribution < 1.29 is 0 Å². The number of halogens is 1. The highest BCUT2D eigenvalue weighted by Crippen LogP contribution is 2.21. The Balaban J connectivity index is 2.13. The molecule has 2 aromatic carbocycles. The minimum atomic E-state index is 0.615. The molecule has 0 amide bonds. The molecule has 3 heteroatoms. The summed E-state index contributed by atoms with van der Waals surface area (Å²) in [6.07, 6.45) is 0. The van der Waals surface area contributed by atoms with Crippen LogP contribution in [0.3, 0.4) is 0 Å². The van der Waals surface area contributed by atoms with E-state index in [0.29, 0.717) is 10.7 Å². The SMILES string of the molecule is CN(Cc1ccc(N)c(Cl)c1)c1ccccc1. The Labute approximate surface area is 107 Å². The van der Waals surface area contributed by atoms with Crippen LogP contribution in [0.2, 0.25) is 5.02 Å². The van der Waals surface area contributed by atoms with E-state index >= 15 is 0 Å². The topological polar surface area (TPSA) is 29.3 Å². The zero-order valence-electron chi connectivity index (χ0n) is 9.73. The van der Waals surface area contributed by atoms with Crippen LogP contribution in [-0.2, 0) is 6.54 Å². The second kappa shape index (κ2) is 5.11. The summed E-state index contributed by atoms with van der Waals surface area (Å²) >= 11 is 6.00. The van der Waals surface area contributed by atoms with Crippen molar-refractivity contribution in [1.82, 2.24) is 0 Å². The molecule has 0 heterocycles. The fourth-order valence-electron chi connectivity index (χ4n) is 1.72. The van der Waals surface area contributed by atoms with Gasteiger partial charge in [-0.2, -0.15) is 0 Å². The largest absolute Gasteiger partial charge is 0.398 e. The van der Waals surface area contributed by atoms with Gasteiger partial charge in [-0.15, -0.1) is 0 Å². The van der Waals surface area contributed by atoms with Gasteiger partial charge in [0.05, 0.1) is 10.7 Å². The van der Waals surface area contributed by atoms with Crippen LogP contribution in [0.5, 0.6) is 0 Å². The van der Waals surface area contributed by atoms with Gasteiger partial charge in [0.1, 0.15) is 0 Å². The molecular weight excluding hydrogens is 232 g/mol. The smallest absolute Gasteiger partial charge is 0.0638 e. The number of nitrogen functional groups attached to an aromatic ring is 1. The maximum Gasteiger partial charge on any atom is 0.0638 e. The second-order valence-electron chi connectivity index (χ2n) is 4.05. The van der Waals surface area contributed by atoms with Crippen LogP contribution < -0.4 is 10.6 Å². The lowest BCUT2D eigenvalue weighted by Crippen LogP contribution is -2.16. The monoisotopic (exact) mass is 246 g/mol. The Morgan fingerprint density at radius 3 is 2.47 bits per heavy atom. The van der Waals surface area contributed by atoms with Crippen LogP contribution in [0.4, 0.5) is 11.4 Å². The summed E-state index contributed by atoms with van der Waals surface area (Å²) in [6, 6.07) is 16.0. The fraction of sp³-hybridized carbons (Fsp3) is 0.143. The van der Waals surface area contributed by atoms with E-state index in [1.165, 1.54) is 5.69 Å². The summed E-state index contributed by atoms with van der Waals surface area (Å²) in [6.45, 7) is 0.810. The second-order valence-corrected chi connectivity index (χ2v) is 4.45. The molecule has 17 heavy (non-hydrogen) atoms. The number of hydrogen-bond donors (Lipinski definition) is 1. The van der Waals surface area contributed by atoms with Crippen LogP contribution in [0.1, 0.15) is 5.56 Å². The summed E-state index contributed by atoms with van der Waals surface area (Å²) in [7, 11) is 2.06. The average Bonchev–Trinajstić information content (AvgIpc) is 2.35. The van der Waals surface area contributed by atoms with Crippen LogP contribution >= 0.6 is 11.6 Å². The maximum atomic E-state index is 6.00. The lowest BCUT2D eigenvalue weighted by molar-refractivity contribution is 0.923. The molecule has 0 spiro atoms. The molecule has 0 unspecified atom stereocenters. The van der Waals surface area contributed by atoms with Gasteiger partial charge in [0, 0.05) is 19.3 Å². The van der Waals surface area contributed by atoms with Gasteiger partial charge in [-0.1, -0.05) is 35.9 Å². The molecule has 0 aliphatic carbocycles. The highest BCUT2D eigenvalue weighted by atomic mass is 35.5. The van der Waals surface area contributed by atoms with Crippen molar-refractivity contribution in [2.75, 3.05) is 17.7 Å². The third-order valence-electron chi connectivity index (χ3n) is 2.68. The van der Waals surface area contributed by atoms with Gasteiger partial charge in [-0.3, -0.25) is 0 Å². The Hall–Kier alpha value is -1.67. The highest BCUT2D eigenvalue weighted by molar-refractivity contribution is 6.33. The van der Waals surface area contributed by atoms with E-state index in [0.717, 1.165) is 12.1 Å². The van der Waals surface area contributed by atoms with Crippen molar-refractivity contribution in [2.24, 2.45) is 0 Å². The molecule has 0 radical (unpaired) electrons. The van der Waals surface area contributed by atoms with Gasteiger partial charge in [0.2, 0.25) is 0 Å². The number of hydrogen-bond acceptors (Lipinski definition) is 2. The molecule has 2 nitrogen and oxygen atoms in total. The standard InChI is InChI=1S/C14H15ClN2/c1-17(12-5-3-2-4-6-12)10-11-7-8-14(16)13(15)9-11/h2-9H,10,16H2,1H3. The van der Waals surface area contributed by atoms with Gasteiger partial charge >= 0.3 is 0 Å². The molecule has 0 aliphatic rings. The zero-order valence-corrected chi connectivity index (χ0v) is 10.5. The zero-order chi connectivity index (χ0) is 12.3. The third kappa shape index (κ3) is 2.92. The summed E-state index contributed by atoms with van der Waals surface area (Å²) in [5.74, 6) is 0. The maximum absolute atomic E-state index is 6.00. The van der Waals surface area contributed by atoms with E-state index in [1.54, 1.807) is 0 Å². The lowest BCUT2D eigenvalue weighted by atomic mass is 10.2. The van der Waals surface area contributed by atoms with Crippen LogP contribution in [0.15, 0.2) is 48.5 Å². The number of anilines is 2. The highest BCUT2D eigenvalue weighted by Gasteiger charge is 2.03. The van der Waals surface area contributed by atoms with E-state index in [4.69, 9.17) is 17.3 Å². The molecule has 88 valence electrons. The van der Waals surface area contributed by atoms with E-state index in [-0.39, 0.29) is 0 Å². The minimum Gasteiger partial charge on any atom is -0.398 e. The molecule has 0 bridgehead atoms. The quantitative estimate of drug-likeness (QED) is 0.840. The Morgan fingerprint density at radius 2 is 1.82 bits per heavy atom. The van der Waals surface area contributed by atoms with Crippen molar-refractivity contribution in [1.29, 1.82) is 0 Å². The Kier molecular flexibility index (Phi) is 3.55. The fourth-order valence-corrected chi connectivity index (χ4v) is 1.92. The molecule has 2 aromatic rings. The number of nitrogens with two attached hydrogens (primary N) is 1. The van der Waals surface area contributed by atoms with E-state index in [9.17, 15) is 0 Å². The van der Waals surface area contributed by atoms with Crippen LogP contribution in [0, 0.1) is 0 Å². The first kappa shape index (κ1) is 11.8. The first-order valence-corrected chi connectivity index (χ1v) is 5.84. The van der Waals surface area contributed by atoms with Gasteiger partial charge in [0.25, 0.3) is 0 Å². The van der Waals surface area contributed by atoms with Crippen molar-refractivity contribution in [3.63, 3.8) is 0 Å². The minimum absolute atomic E-state index is 0.615. The first-order chi connectivity index (χ1) is 8.16. The van der Waals surface area contributed by atoms with E-state index in [2.05, 4.69) is 24.1 Å². The van der Waals surface area contributed by atoms with Gasteiger partial charge in [-0.05, 0) is 29.8 Å².